The Morgan fingerprint density at radius 2 is 1.12 bits per heavy atom. The van der Waals surface area contributed by atoms with Crippen LogP contribution in [0, 0.1) is 5.41 Å². The maximum Gasteiger partial charge on any atom is 0.199 e. The van der Waals surface area contributed by atoms with Gasteiger partial charge in [-0.1, -0.05) is 60.7 Å². The van der Waals surface area contributed by atoms with Crippen LogP contribution in [0.2, 0.25) is 0 Å². The fourth-order valence-electron chi connectivity index (χ4n) is 3.21. The Morgan fingerprint density at radius 1 is 0.731 bits per heavy atom. The fraction of sp³-hybridized carbons (Fsp3) is 0.333. The van der Waals surface area contributed by atoms with Crippen LogP contribution in [0.4, 0.5) is 0 Å². The molecule has 4 nitrogen and oxygen atoms in total. The molecular formula is C21H22N2NiO2. The predicted molar refractivity (Wildman–Crippen MR) is 98.9 cm³/mol. The molecule has 0 radical (unpaired) electrons. The first-order valence-corrected chi connectivity index (χ1v) is 8.66. The molecule has 2 heterocycles. The van der Waals surface area contributed by atoms with Crippen molar-refractivity contribution in [2.75, 3.05) is 13.2 Å². The van der Waals surface area contributed by atoms with Crippen LogP contribution < -0.4 is 0 Å². The van der Waals surface area contributed by atoms with E-state index in [2.05, 4.69) is 38.1 Å². The van der Waals surface area contributed by atoms with Gasteiger partial charge in [-0.15, -0.1) is 0 Å². The maximum absolute atomic E-state index is 5.93. The van der Waals surface area contributed by atoms with Crippen LogP contribution in [0.5, 0.6) is 0 Å². The molecule has 138 valence electrons. The van der Waals surface area contributed by atoms with Crippen molar-refractivity contribution in [3.63, 3.8) is 0 Å². The minimum atomic E-state index is -0.465. The minimum Gasteiger partial charge on any atom is -0.478 e. The molecule has 0 fully saturated rings. The van der Waals surface area contributed by atoms with Crippen LogP contribution in [-0.4, -0.2) is 25.0 Å². The summed E-state index contributed by atoms with van der Waals surface area (Å²) in [4.78, 5) is 9.61. The van der Waals surface area contributed by atoms with Gasteiger partial charge in [0.2, 0.25) is 0 Å². The number of aliphatic imine (C=N–C) groups is 2. The number of rotatable bonds is 4. The zero-order valence-electron chi connectivity index (χ0n) is 14.9. The van der Waals surface area contributed by atoms with E-state index in [0.717, 1.165) is 0 Å². The molecule has 0 aromatic heterocycles. The summed E-state index contributed by atoms with van der Waals surface area (Å²) in [5, 5.41) is 0. The Bertz CT molecular complexity index is 736. The summed E-state index contributed by atoms with van der Waals surface area (Å²) in [6.07, 6.45) is 0. The van der Waals surface area contributed by atoms with Crippen molar-refractivity contribution in [1.29, 1.82) is 0 Å². The van der Waals surface area contributed by atoms with E-state index in [1.54, 1.807) is 0 Å². The summed E-state index contributed by atoms with van der Waals surface area (Å²) in [6, 6.07) is 20.6. The first-order chi connectivity index (χ1) is 12.1. The molecule has 2 aliphatic rings. The minimum absolute atomic E-state index is 0. The van der Waals surface area contributed by atoms with Gasteiger partial charge < -0.3 is 9.47 Å². The summed E-state index contributed by atoms with van der Waals surface area (Å²) >= 11 is 0. The number of ether oxygens (including phenoxy) is 2. The smallest absolute Gasteiger partial charge is 0.199 e. The molecule has 5 heteroatoms. The third-order valence-electron chi connectivity index (χ3n) is 4.74. The van der Waals surface area contributed by atoms with Crippen molar-refractivity contribution in [2.24, 2.45) is 15.4 Å². The second-order valence-electron chi connectivity index (χ2n) is 6.97. The molecule has 2 atom stereocenters. The second-order valence-corrected chi connectivity index (χ2v) is 6.97. The summed E-state index contributed by atoms with van der Waals surface area (Å²) in [6.45, 7) is 5.26. The quantitative estimate of drug-likeness (QED) is 0.726. The molecular weight excluding hydrogens is 371 g/mol. The fourth-order valence-corrected chi connectivity index (χ4v) is 3.21. The number of nitrogens with zero attached hydrogens (tertiary/aromatic N) is 2. The first-order valence-electron chi connectivity index (χ1n) is 8.66. The molecule has 4 rings (SSSR count). The van der Waals surface area contributed by atoms with Crippen LogP contribution in [-0.2, 0) is 26.0 Å². The van der Waals surface area contributed by atoms with Gasteiger partial charge >= 0.3 is 0 Å². The zero-order chi connectivity index (χ0) is 17.3. The number of hydrogen-bond acceptors (Lipinski definition) is 4. The van der Waals surface area contributed by atoms with Gasteiger partial charge in [0.05, 0.1) is 0 Å². The normalized spacial score (nSPS) is 21.9. The summed E-state index contributed by atoms with van der Waals surface area (Å²) in [7, 11) is 0. The Hall–Kier alpha value is -2.13. The van der Waals surface area contributed by atoms with E-state index < -0.39 is 5.41 Å². The van der Waals surface area contributed by atoms with Gasteiger partial charge in [0, 0.05) is 16.5 Å². The summed E-state index contributed by atoms with van der Waals surface area (Å²) < 4.78 is 11.9. The Kier molecular flexibility index (Phi) is 5.48. The summed E-state index contributed by atoms with van der Waals surface area (Å²) in [5.41, 5.74) is 1.88. The standard InChI is InChI=1S/C21H22N2O2.Ni/c1-21(2,19-22-17(13-24-19)15-9-5-3-6-10-15)20-23-18(14-25-20)16-11-7-4-8-12-16;/h3-12,17-18H,13-14H2,1-2H3;. The van der Waals surface area contributed by atoms with Crippen molar-refractivity contribution in [2.45, 2.75) is 25.9 Å². The molecule has 2 aliphatic heterocycles. The van der Waals surface area contributed by atoms with E-state index in [0.29, 0.717) is 25.0 Å². The molecule has 26 heavy (non-hydrogen) atoms. The van der Waals surface area contributed by atoms with Crippen molar-refractivity contribution < 1.29 is 26.0 Å². The molecule has 0 saturated carbocycles. The average molecular weight is 393 g/mol. The van der Waals surface area contributed by atoms with Gasteiger partial charge in [-0.25, -0.2) is 9.98 Å². The largest absolute Gasteiger partial charge is 0.478 e. The van der Waals surface area contributed by atoms with Crippen molar-refractivity contribution in [3.8, 4) is 0 Å². The van der Waals surface area contributed by atoms with Crippen LogP contribution in [0.1, 0.15) is 37.1 Å². The molecule has 0 N–H and O–H groups in total. The Balaban J connectivity index is 0.00000196. The van der Waals surface area contributed by atoms with E-state index in [1.165, 1.54) is 11.1 Å². The van der Waals surface area contributed by atoms with Gasteiger partial charge in [0.1, 0.15) is 30.7 Å². The van der Waals surface area contributed by atoms with Crippen molar-refractivity contribution in [1.82, 2.24) is 0 Å². The van der Waals surface area contributed by atoms with Crippen molar-refractivity contribution in [3.05, 3.63) is 71.8 Å². The monoisotopic (exact) mass is 392 g/mol. The topological polar surface area (TPSA) is 43.2 Å². The van der Waals surface area contributed by atoms with Gasteiger partial charge in [0.15, 0.2) is 11.8 Å². The SMILES string of the molecule is CC(C)(C1=NC(c2ccccc2)CO1)C1=NC(c2ccccc2)CO1.[Ni]. The van der Waals surface area contributed by atoms with E-state index in [9.17, 15) is 0 Å². The summed E-state index contributed by atoms with van der Waals surface area (Å²) in [5.74, 6) is 1.41. The third-order valence-corrected chi connectivity index (χ3v) is 4.74. The molecule has 0 amide bonds. The zero-order valence-corrected chi connectivity index (χ0v) is 15.9. The first kappa shape index (κ1) is 18.7. The Morgan fingerprint density at radius 3 is 1.50 bits per heavy atom. The number of hydrogen-bond donors (Lipinski definition) is 0. The van der Waals surface area contributed by atoms with Crippen molar-refractivity contribution >= 4 is 11.8 Å². The molecule has 2 aromatic carbocycles. The van der Waals surface area contributed by atoms with Crippen LogP contribution in [0.15, 0.2) is 70.6 Å². The van der Waals surface area contributed by atoms with E-state index in [-0.39, 0.29) is 28.6 Å². The van der Waals surface area contributed by atoms with Gasteiger partial charge in [-0.3, -0.25) is 0 Å². The third kappa shape index (κ3) is 3.54. The van der Waals surface area contributed by atoms with Gasteiger partial charge in [-0.2, -0.15) is 0 Å². The molecule has 0 spiro atoms. The van der Waals surface area contributed by atoms with Crippen LogP contribution in [0.3, 0.4) is 0 Å². The van der Waals surface area contributed by atoms with E-state index >= 15 is 0 Å². The van der Waals surface area contributed by atoms with E-state index in [1.807, 2.05) is 36.4 Å². The van der Waals surface area contributed by atoms with Crippen LogP contribution in [0.25, 0.3) is 0 Å². The maximum atomic E-state index is 5.93. The van der Waals surface area contributed by atoms with Crippen LogP contribution >= 0.6 is 0 Å². The predicted octanol–water partition coefficient (Wildman–Crippen LogP) is 4.35. The molecule has 0 bridgehead atoms. The molecule has 0 aliphatic carbocycles. The van der Waals surface area contributed by atoms with Gasteiger partial charge in [0.25, 0.3) is 0 Å². The number of benzene rings is 2. The Labute approximate surface area is 164 Å². The molecule has 0 saturated heterocycles. The average Bonchev–Trinajstić information content (AvgIpc) is 3.34. The molecule has 2 aromatic rings. The van der Waals surface area contributed by atoms with Gasteiger partial charge in [-0.05, 0) is 25.0 Å². The second kappa shape index (κ2) is 7.63. The molecule has 2 unspecified atom stereocenters. The van der Waals surface area contributed by atoms with E-state index in [4.69, 9.17) is 19.5 Å².